The molecule has 0 radical (unpaired) electrons. The van der Waals surface area contributed by atoms with Crippen LogP contribution in [0.3, 0.4) is 0 Å². The number of carbonyl (C=O) groups is 3. The van der Waals surface area contributed by atoms with E-state index in [1.807, 2.05) is 26.0 Å². The molecule has 0 aromatic carbocycles. The molecule has 0 saturated carbocycles. The lowest BCUT2D eigenvalue weighted by Crippen LogP contribution is -2.23. The number of ketones is 2. The van der Waals surface area contributed by atoms with Crippen LogP contribution in [0.4, 0.5) is 0 Å². The molecule has 1 aromatic rings. The van der Waals surface area contributed by atoms with Crippen LogP contribution in [0.2, 0.25) is 0 Å². The molecule has 2 atom stereocenters. The maximum atomic E-state index is 12.7. The Morgan fingerprint density at radius 1 is 1.04 bits per heavy atom. The molecule has 0 amide bonds. The van der Waals surface area contributed by atoms with E-state index in [0.29, 0.717) is 28.7 Å². The van der Waals surface area contributed by atoms with E-state index < -0.39 is 11.9 Å². The van der Waals surface area contributed by atoms with Crippen molar-refractivity contribution in [1.82, 2.24) is 0 Å². The minimum absolute atomic E-state index is 0.0808. The van der Waals surface area contributed by atoms with E-state index in [9.17, 15) is 19.5 Å². The number of hydrogen-bond donors (Lipinski definition) is 1. The SMILES string of the molecule is CCC(C(=O)O)c1ccc(C(C)C2=C(C)C(=O)C(C)=C(C)C2=O)s1. The van der Waals surface area contributed by atoms with Crippen LogP contribution in [0.5, 0.6) is 0 Å². The van der Waals surface area contributed by atoms with E-state index in [2.05, 4.69) is 0 Å². The maximum Gasteiger partial charge on any atom is 0.311 e. The van der Waals surface area contributed by atoms with Gasteiger partial charge in [0.1, 0.15) is 0 Å². The molecule has 0 spiro atoms. The molecule has 1 aliphatic carbocycles. The average molecular weight is 346 g/mol. The summed E-state index contributed by atoms with van der Waals surface area (Å²) in [6, 6.07) is 3.69. The number of hydrogen-bond acceptors (Lipinski definition) is 4. The number of carboxylic acid groups (broad SMARTS) is 1. The van der Waals surface area contributed by atoms with Crippen LogP contribution in [0, 0.1) is 0 Å². The van der Waals surface area contributed by atoms with Gasteiger partial charge < -0.3 is 5.11 Å². The molecule has 5 heteroatoms. The number of thiophene rings is 1. The van der Waals surface area contributed by atoms with E-state index in [0.717, 1.165) is 9.75 Å². The zero-order chi connectivity index (χ0) is 18.2. The molecule has 2 rings (SSSR count). The fraction of sp³-hybridized carbons (Fsp3) is 0.421. The van der Waals surface area contributed by atoms with Crippen LogP contribution in [-0.2, 0) is 14.4 Å². The Hall–Kier alpha value is -2.01. The Kier molecular flexibility index (Phi) is 5.23. The molecule has 2 unspecified atom stereocenters. The molecule has 0 aliphatic heterocycles. The highest BCUT2D eigenvalue weighted by Crippen LogP contribution is 2.38. The lowest BCUT2D eigenvalue weighted by atomic mass is 9.80. The first kappa shape index (κ1) is 18.3. The third-order valence-electron chi connectivity index (χ3n) is 4.79. The fourth-order valence-electron chi connectivity index (χ4n) is 3.07. The van der Waals surface area contributed by atoms with Crippen molar-refractivity contribution in [1.29, 1.82) is 0 Å². The van der Waals surface area contributed by atoms with E-state index in [1.54, 1.807) is 20.8 Å². The molecule has 128 valence electrons. The van der Waals surface area contributed by atoms with Gasteiger partial charge in [-0.2, -0.15) is 0 Å². The van der Waals surface area contributed by atoms with Gasteiger partial charge in [-0.25, -0.2) is 0 Å². The smallest absolute Gasteiger partial charge is 0.311 e. The van der Waals surface area contributed by atoms with Gasteiger partial charge >= 0.3 is 5.97 Å². The minimum Gasteiger partial charge on any atom is -0.481 e. The molecule has 1 N–H and O–H groups in total. The van der Waals surface area contributed by atoms with E-state index in [-0.39, 0.29) is 17.5 Å². The zero-order valence-corrected chi connectivity index (χ0v) is 15.4. The van der Waals surface area contributed by atoms with Crippen LogP contribution < -0.4 is 0 Å². The van der Waals surface area contributed by atoms with Crippen molar-refractivity contribution in [2.75, 3.05) is 0 Å². The lowest BCUT2D eigenvalue weighted by Gasteiger charge is -2.22. The van der Waals surface area contributed by atoms with Crippen LogP contribution in [0.15, 0.2) is 34.4 Å². The molecule has 1 aromatic heterocycles. The quantitative estimate of drug-likeness (QED) is 0.810. The molecule has 1 heterocycles. The second kappa shape index (κ2) is 6.85. The summed E-state index contributed by atoms with van der Waals surface area (Å²) in [5.41, 5.74) is 2.04. The molecule has 0 saturated heterocycles. The standard InChI is InChI=1S/C19H22O4S/c1-6-13(19(22)23)15-8-7-14(24-15)11(4)16-12(5)17(20)9(2)10(3)18(16)21/h7-8,11,13H,6H2,1-5H3,(H,22,23). The number of carboxylic acids is 1. The Bertz CT molecular complexity index is 779. The van der Waals surface area contributed by atoms with Crippen molar-refractivity contribution < 1.29 is 19.5 Å². The predicted octanol–water partition coefficient (Wildman–Crippen LogP) is 4.23. The van der Waals surface area contributed by atoms with Gasteiger partial charge in [-0.05, 0) is 39.3 Å². The summed E-state index contributed by atoms with van der Waals surface area (Å²) >= 11 is 1.41. The number of carbonyl (C=O) groups excluding carboxylic acids is 2. The van der Waals surface area contributed by atoms with Crippen LogP contribution in [-0.4, -0.2) is 22.6 Å². The summed E-state index contributed by atoms with van der Waals surface area (Å²) in [5, 5.41) is 9.30. The van der Waals surface area contributed by atoms with Crippen molar-refractivity contribution in [2.24, 2.45) is 0 Å². The molecule has 1 aliphatic rings. The summed E-state index contributed by atoms with van der Waals surface area (Å²) < 4.78 is 0. The van der Waals surface area contributed by atoms with Crippen molar-refractivity contribution in [3.63, 3.8) is 0 Å². The predicted molar refractivity (Wildman–Crippen MR) is 94.5 cm³/mol. The lowest BCUT2D eigenvalue weighted by molar-refractivity contribution is -0.138. The van der Waals surface area contributed by atoms with Crippen LogP contribution >= 0.6 is 11.3 Å². The topological polar surface area (TPSA) is 71.4 Å². The van der Waals surface area contributed by atoms with E-state index >= 15 is 0 Å². The van der Waals surface area contributed by atoms with Gasteiger partial charge in [0.2, 0.25) is 0 Å². The first-order valence-electron chi connectivity index (χ1n) is 8.00. The first-order valence-corrected chi connectivity index (χ1v) is 8.82. The summed E-state index contributed by atoms with van der Waals surface area (Å²) in [7, 11) is 0. The first-order chi connectivity index (χ1) is 11.2. The van der Waals surface area contributed by atoms with Crippen LogP contribution in [0.25, 0.3) is 0 Å². The highest BCUT2D eigenvalue weighted by Gasteiger charge is 2.32. The van der Waals surface area contributed by atoms with Gasteiger partial charge in [-0.1, -0.05) is 13.8 Å². The average Bonchev–Trinajstić information content (AvgIpc) is 3.01. The number of allylic oxidation sites excluding steroid dienone is 4. The molecule has 24 heavy (non-hydrogen) atoms. The van der Waals surface area contributed by atoms with E-state index in [1.165, 1.54) is 11.3 Å². The number of rotatable bonds is 5. The molecule has 4 nitrogen and oxygen atoms in total. The zero-order valence-electron chi connectivity index (χ0n) is 14.6. The van der Waals surface area contributed by atoms with Gasteiger partial charge in [-0.3, -0.25) is 14.4 Å². The number of Topliss-reactive ketones (excluding diaryl/α,β-unsaturated/α-hetero) is 2. The van der Waals surface area contributed by atoms with Gasteiger partial charge in [0, 0.05) is 38.0 Å². The monoisotopic (exact) mass is 346 g/mol. The highest BCUT2D eigenvalue weighted by atomic mass is 32.1. The van der Waals surface area contributed by atoms with Gasteiger partial charge in [-0.15, -0.1) is 11.3 Å². The van der Waals surface area contributed by atoms with Crippen molar-refractivity contribution in [2.45, 2.75) is 52.9 Å². The summed E-state index contributed by atoms with van der Waals surface area (Å²) in [5.74, 6) is -1.76. The van der Waals surface area contributed by atoms with Gasteiger partial charge in [0.15, 0.2) is 11.6 Å². The molecular weight excluding hydrogens is 324 g/mol. The highest BCUT2D eigenvalue weighted by molar-refractivity contribution is 7.12. The molecular formula is C19H22O4S. The molecule has 0 fully saturated rings. The second-order valence-corrected chi connectivity index (χ2v) is 7.35. The Balaban J connectivity index is 2.41. The maximum absolute atomic E-state index is 12.7. The fourth-order valence-corrected chi connectivity index (χ4v) is 4.31. The minimum atomic E-state index is -0.840. The second-order valence-electron chi connectivity index (χ2n) is 6.21. The van der Waals surface area contributed by atoms with Crippen LogP contribution in [0.1, 0.15) is 62.6 Å². The Morgan fingerprint density at radius 3 is 2.12 bits per heavy atom. The van der Waals surface area contributed by atoms with Crippen molar-refractivity contribution in [3.8, 4) is 0 Å². The van der Waals surface area contributed by atoms with Gasteiger partial charge in [0.25, 0.3) is 0 Å². The van der Waals surface area contributed by atoms with Crippen molar-refractivity contribution in [3.05, 3.63) is 44.2 Å². The van der Waals surface area contributed by atoms with E-state index in [4.69, 9.17) is 0 Å². The normalized spacial score (nSPS) is 18.2. The Labute approximate surface area is 145 Å². The summed E-state index contributed by atoms with van der Waals surface area (Å²) in [6.07, 6.45) is 0.518. The largest absolute Gasteiger partial charge is 0.481 e. The molecule has 0 bridgehead atoms. The van der Waals surface area contributed by atoms with Gasteiger partial charge in [0.05, 0.1) is 5.92 Å². The Morgan fingerprint density at radius 2 is 1.58 bits per heavy atom. The summed E-state index contributed by atoms with van der Waals surface area (Å²) in [4.78, 5) is 38.0. The summed E-state index contributed by atoms with van der Waals surface area (Å²) in [6.45, 7) is 8.81. The third kappa shape index (κ3) is 3.00. The van der Waals surface area contributed by atoms with Crippen molar-refractivity contribution >= 4 is 28.9 Å². The third-order valence-corrected chi connectivity index (χ3v) is 6.17. The number of aliphatic carboxylic acids is 1.